The highest BCUT2D eigenvalue weighted by molar-refractivity contribution is 5.89. The lowest BCUT2D eigenvalue weighted by atomic mass is 9.99. The Morgan fingerprint density at radius 2 is 1.87 bits per heavy atom. The van der Waals surface area contributed by atoms with Crippen molar-refractivity contribution in [3.8, 4) is 0 Å². The molecule has 2 amide bonds. The summed E-state index contributed by atoms with van der Waals surface area (Å²) in [6, 6.07) is 7.94. The van der Waals surface area contributed by atoms with Crippen LogP contribution in [0.2, 0.25) is 0 Å². The van der Waals surface area contributed by atoms with Crippen molar-refractivity contribution >= 4 is 24.2 Å². The first-order valence-electron chi connectivity index (χ1n) is 7.75. The Bertz CT molecular complexity index is 545. The number of rotatable bonds is 5. The summed E-state index contributed by atoms with van der Waals surface area (Å²) in [5, 5.41) is 2.86. The molecular formula is C17H26ClN3O2. The molecule has 2 rings (SSSR count). The van der Waals surface area contributed by atoms with Crippen LogP contribution in [0.15, 0.2) is 24.3 Å². The molecule has 1 aromatic carbocycles. The van der Waals surface area contributed by atoms with Crippen LogP contribution in [0.5, 0.6) is 0 Å². The number of likely N-dealkylation sites (tertiary alicyclic amines) is 1. The minimum atomic E-state index is -0.256. The van der Waals surface area contributed by atoms with E-state index < -0.39 is 0 Å². The number of nitrogens with one attached hydrogen (secondary N) is 1. The van der Waals surface area contributed by atoms with Crippen LogP contribution in [0.1, 0.15) is 43.4 Å². The summed E-state index contributed by atoms with van der Waals surface area (Å²) in [6.45, 7) is 5.17. The van der Waals surface area contributed by atoms with Crippen molar-refractivity contribution in [2.24, 2.45) is 11.7 Å². The van der Waals surface area contributed by atoms with Gasteiger partial charge in [-0.3, -0.25) is 9.59 Å². The summed E-state index contributed by atoms with van der Waals surface area (Å²) in [4.78, 5) is 25.1. The van der Waals surface area contributed by atoms with Gasteiger partial charge in [-0.15, -0.1) is 12.4 Å². The molecule has 0 saturated carbocycles. The molecule has 1 aliphatic rings. The van der Waals surface area contributed by atoms with E-state index in [2.05, 4.69) is 31.3 Å². The van der Waals surface area contributed by atoms with Gasteiger partial charge in [-0.25, -0.2) is 0 Å². The third kappa shape index (κ3) is 4.94. The number of hydrogen-bond donors (Lipinski definition) is 2. The number of halogens is 1. The number of benzene rings is 1. The fourth-order valence-corrected chi connectivity index (χ4v) is 2.64. The average molecular weight is 340 g/mol. The molecule has 5 nitrogen and oxygen atoms in total. The van der Waals surface area contributed by atoms with E-state index in [0.717, 1.165) is 5.56 Å². The molecule has 0 radical (unpaired) electrons. The van der Waals surface area contributed by atoms with Crippen molar-refractivity contribution < 1.29 is 9.59 Å². The van der Waals surface area contributed by atoms with Crippen LogP contribution in [-0.4, -0.2) is 36.9 Å². The summed E-state index contributed by atoms with van der Waals surface area (Å²) in [6.07, 6.45) is 0.292. The molecular weight excluding hydrogens is 314 g/mol. The number of carbonyl (C=O) groups is 2. The smallest absolute Gasteiger partial charge is 0.225 e. The summed E-state index contributed by atoms with van der Waals surface area (Å²) in [7, 11) is 1.72. The predicted molar refractivity (Wildman–Crippen MR) is 93.5 cm³/mol. The minimum Gasteiger partial charge on any atom is -0.354 e. The molecule has 1 aliphatic heterocycles. The van der Waals surface area contributed by atoms with E-state index in [4.69, 9.17) is 5.73 Å². The zero-order valence-electron chi connectivity index (χ0n) is 13.9. The summed E-state index contributed by atoms with van der Waals surface area (Å²) < 4.78 is 0. The van der Waals surface area contributed by atoms with Gasteiger partial charge in [0.15, 0.2) is 0 Å². The highest BCUT2D eigenvalue weighted by atomic mass is 35.5. The van der Waals surface area contributed by atoms with Gasteiger partial charge in [0, 0.05) is 32.6 Å². The lowest BCUT2D eigenvalue weighted by Crippen LogP contribution is -2.36. The first kappa shape index (κ1) is 19.5. The van der Waals surface area contributed by atoms with Crippen molar-refractivity contribution in [1.29, 1.82) is 0 Å². The molecule has 1 fully saturated rings. The van der Waals surface area contributed by atoms with E-state index in [1.807, 2.05) is 12.1 Å². The summed E-state index contributed by atoms with van der Waals surface area (Å²) in [5.41, 5.74) is 8.41. The predicted octanol–water partition coefficient (Wildman–Crippen LogP) is 1.83. The number of hydrogen-bond acceptors (Lipinski definition) is 3. The molecule has 0 spiro atoms. The molecule has 2 unspecified atom stereocenters. The molecule has 2 atom stereocenters. The van der Waals surface area contributed by atoms with Crippen molar-refractivity contribution in [1.82, 2.24) is 10.2 Å². The number of amides is 2. The largest absolute Gasteiger partial charge is 0.354 e. The molecule has 0 bridgehead atoms. The summed E-state index contributed by atoms with van der Waals surface area (Å²) in [5.74, 6) is 0.163. The maximum absolute atomic E-state index is 12.1. The second-order valence-electron chi connectivity index (χ2n) is 6.35. The van der Waals surface area contributed by atoms with Crippen LogP contribution in [0.4, 0.5) is 0 Å². The Kier molecular flexibility index (Phi) is 7.03. The van der Waals surface area contributed by atoms with E-state index in [1.165, 1.54) is 5.56 Å². The summed E-state index contributed by atoms with van der Waals surface area (Å²) >= 11 is 0. The van der Waals surface area contributed by atoms with Crippen LogP contribution in [-0.2, 0) is 9.59 Å². The van der Waals surface area contributed by atoms with Crippen LogP contribution in [0, 0.1) is 5.92 Å². The van der Waals surface area contributed by atoms with Gasteiger partial charge in [-0.1, -0.05) is 38.1 Å². The number of carbonyl (C=O) groups excluding carboxylic acids is 2. The van der Waals surface area contributed by atoms with Gasteiger partial charge < -0.3 is 16.0 Å². The maximum atomic E-state index is 12.1. The lowest BCUT2D eigenvalue weighted by molar-refractivity contribution is -0.128. The molecule has 128 valence electrons. The van der Waals surface area contributed by atoms with Crippen molar-refractivity contribution in [2.45, 2.75) is 32.2 Å². The van der Waals surface area contributed by atoms with E-state index in [0.29, 0.717) is 25.4 Å². The van der Waals surface area contributed by atoms with Crippen molar-refractivity contribution in [3.63, 3.8) is 0 Å². The van der Waals surface area contributed by atoms with Gasteiger partial charge >= 0.3 is 0 Å². The second-order valence-corrected chi connectivity index (χ2v) is 6.35. The molecule has 23 heavy (non-hydrogen) atoms. The van der Waals surface area contributed by atoms with Gasteiger partial charge in [-0.2, -0.15) is 0 Å². The van der Waals surface area contributed by atoms with Gasteiger partial charge in [0.2, 0.25) is 11.8 Å². The van der Waals surface area contributed by atoms with Gasteiger partial charge in [0.05, 0.1) is 5.92 Å². The Labute approximate surface area is 144 Å². The van der Waals surface area contributed by atoms with Crippen LogP contribution < -0.4 is 11.1 Å². The molecule has 1 heterocycles. The zero-order valence-corrected chi connectivity index (χ0v) is 14.7. The number of nitrogens with zero attached hydrogens (tertiary/aromatic N) is 1. The van der Waals surface area contributed by atoms with E-state index in [9.17, 15) is 9.59 Å². The van der Waals surface area contributed by atoms with Gasteiger partial charge in [0.25, 0.3) is 0 Å². The van der Waals surface area contributed by atoms with Crippen LogP contribution >= 0.6 is 12.4 Å². The zero-order chi connectivity index (χ0) is 16.3. The monoisotopic (exact) mass is 339 g/mol. The topological polar surface area (TPSA) is 75.4 Å². The van der Waals surface area contributed by atoms with Crippen molar-refractivity contribution in [3.05, 3.63) is 35.4 Å². The first-order valence-corrected chi connectivity index (χ1v) is 7.75. The Morgan fingerprint density at radius 3 is 2.35 bits per heavy atom. The van der Waals surface area contributed by atoms with Crippen LogP contribution in [0.3, 0.4) is 0 Å². The SMILES string of the molecule is CC(C)c1ccc(C(N)CNC(=O)C2CC(=O)N(C)C2)cc1.Cl. The fourth-order valence-electron chi connectivity index (χ4n) is 2.64. The van der Waals surface area contributed by atoms with Gasteiger partial charge in [-0.05, 0) is 17.0 Å². The highest BCUT2D eigenvalue weighted by Crippen LogP contribution is 2.18. The lowest BCUT2D eigenvalue weighted by Gasteiger charge is -2.16. The molecule has 0 aromatic heterocycles. The third-order valence-electron chi connectivity index (χ3n) is 4.24. The highest BCUT2D eigenvalue weighted by Gasteiger charge is 2.32. The van der Waals surface area contributed by atoms with Crippen molar-refractivity contribution in [2.75, 3.05) is 20.1 Å². The fraction of sp³-hybridized carbons (Fsp3) is 0.529. The Morgan fingerprint density at radius 1 is 1.30 bits per heavy atom. The second kappa shape index (κ2) is 8.31. The standard InChI is InChI=1S/C17H25N3O2.ClH/c1-11(2)12-4-6-13(7-5-12)15(18)9-19-17(22)14-8-16(21)20(3)10-14;/h4-7,11,14-15H,8-10,18H2,1-3H3,(H,19,22);1H. The van der Waals surface area contributed by atoms with E-state index in [-0.39, 0.29) is 36.2 Å². The van der Waals surface area contributed by atoms with E-state index in [1.54, 1.807) is 11.9 Å². The normalized spacial score (nSPS) is 18.7. The molecule has 3 N–H and O–H groups in total. The van der Waals surface area contributed by atoms with E-state index >= 15 is 0 Å². The molecule has 1 aromatic rings. The molecule has 0 aliphatic carbocycles. The maximum Gasteiger partial charge on any atom is 0.225 e. The minimum absolute atomic E-state index is 0. The molecule has 6 heteroatoms. The molecule has 1 saturated heterocycles. The Balaban J connectivity index is 0.00000264. The first-order chi connectivity index (χ1) is 10.4. The third-order valence-corrected chi connectivity index (χ3v) is 4.24. The number of nitrogens with two attached hydrogens (primary N) is 1. The quantitative estimate of drug-likeness (QED) is 0.859. The van der Waals surface area contributed by atoms with Crippen LogP contribution in [0.25, 0.3) is 0 Å². The van der Waals surface area contributed by atoms with Gasteiger partial charge in [0.1, 0.15) is 0 Å². The average Bonchev–Trinajstić information content (AvgIpc) is 2.84. The Hall–Kier alpha value is -1.59.